The molecule has 0 bridgehead atoms. The molecule has 1 amide bonds. The molecule has 0 spiro atoms. The highest BCUT2D eigenvalue weighted by atomic mass is 19.1. The minimum atomic E-state index is -0.353. The number of carbonyl (C=O) groups is 1. The molecule has 1 aliphatic heterocycles. The summed E-state index contributed by atoms with van der Waals surface area (Å²) in [6.45, 7) is 7.25. The van der Waals surface area contributed by atoms with E-state index in [1.165, 1.54) is 6.33 Å². The van der Waals surface area contributed by atoms with Crippen LogP contribution in [-0.4, -0.2) is 35.0 Å². The topological polar surface area (TPSA) is 58.1 Å². The fourth-order valence-corrected chi connectivity index (χ4v) is 2.99. The van der Waals surface area contributed by atoms with Gasteiger partial charge in [-0.1, -0.05) is 20.3 Å². The van der Waals surface area contributed by atoms with Crippen LogP contribution in [0.1, 0.15) is 52.1 Å². The maximum atomic E-state index is 14.5. The second-order valence-electron chi connectivity index (χ2n) is 6.23. The zero-order valence-electron chi connectivity index (χ0n) is 14.3. The number of amides is 1. The van der Waals surface area contributed by atoms with Crippen molar-refractivity contribution in [2.24, 2.45) is 5.92 Å². The molecule has 1 saturated heterocycles. The summed E-state index contributed by atoms with van der Waals surface area (Å²) in [7, 11) is 0. The molecule has 0 aliphatic carbocycles. The van der Waals surface area contributed by atoms with E-state index in [0.29, 0.717) is 31.0 Å². The van der Waals surface area contributed by atoms with Crippen LogP contribution in [0.25, 0.3) is 0 Å². The van der Waals surface area contributed by atoms with Gasteiger partial charge in [-0.3, -0.25) is 4.79 Å². The smallest absolute Gasteiger partial charge is 0.224 e. The number of halogens is 1. The Morgan fingerprint density at radius 1 is 1.39 bits per heavy atom. The summed E-state index contributed by atoms with van der Waals surface area (Å²) in [6, 6.07) is 0.170. The molecule has 5 nitrogen and oxygen atoms in total. The molecule has 2 rings (SSSR count). The average Bonchev–Trinajstić information content (AvgIpc) is 2.56. The molecule has 1 aliphatic rings. The Kier molecular flexibility index (Phi) is 6.30. The predicted molar refractivity (Wildman–Crippen MR) is 88.8 cm³/mol. The highest BCUT2D eigenvalue weighted by molar-refractivity contribution is 5.79. The number of hydrogen-bond donors (Lipinski definition) is 1. The molecule has 0 radical (unpaired) electrons. The Labute approximate surface area is 137 Å². The van der Waals surface area contributed by atoms with Gasteiger partial charge in [-0.2, -0.15) is 0 Å². The van der Waals surface area contributed by atoms with Crippen LogP contribution >= 0.6 is 0 Å². The van der Waals surface area contributed by atoms with Crippen LogP contribution in [0.3, 0.4) is 0 Å². The number of carbonyl (C=O) groups excluding carboxylic acids is 1. The van der Waals surface area contributed by atoms with Crippen molar-refractivity contribution in [2.75, 3.05) is 18.0 Å². The van der Waals surface area contributed by atoms with Crippen LogP contribution in [0.2, 0.25) is 0 Å². The van der Waals surface area contributed by atoms with Gasteiger partial charge in [0.25, 0.3) is 0 Å². The number of unbranched alkanes of at least 4 members (excludes halogenated alkanes) is 1. The lowest BCUT2D eigenvalue weighted by Crippen LogP contribution is -2.48. The third-order valence-electron chi connectivity index (χ3n) is 4.53. The maximum Gasteiger partial charge on any atom is 0.224 e. The number of aryl methyl sites for hydroxylation is 1. The van der Waals surface area contributed by atoms with Crippen molar-refractivity contribution < 1.29 is 9.18 Å². The highest BCUT2D eigenvalue weighted by Crippen LogP contribution is 2.28. The summed E-state index contributed by atoms with van der Waals surface area (Å²) < 4.78 is 14.5. The Morgan fingerprint density at radius 3 is 2.87 bits per heavy atom. The minimum Gasteiger partial charge on any atom is -0.356 e. The van der Waals surface area contributed by atoms with E-state index in [1.807, 2.05) is 11.8 Å². The van der Waals surface area contributed by atoms with Crippen LogP contribution < -0.4 is 10.2 Å². The van der Waals surface area contributed by atoms with Crippen LogP contribution in [0.15, 0.2) is 6.33 Å². The van der Waals surface area contributed by atoms with Crippen molar-refractivity contribution in [3.8, 4) is 0 Å². The van der Waals surface area contributed by atoms with E-state index >= 15 is 0 Å². The Bertz CT molecular complexity index is 537. The fraction of sp³-hybridized carbons (Fsp3) is 0.706. The van der Waals surface area contributed by atoms with E-state index in [2.05, 4.69) is 29.1 Å². The van der Waals surface area contributed by atoms with Crippen molar-refractivity contribution in [3.05, 3.63) is 17.8 Å². The van der Waals surface area contributed by atoms with Crippen molar-refractivity contribution in [2.45, 2.75) is 58.9 Å². The lowest BCUT2D eigenvalue weighted by molar-refractivity contribution is -0.125. The molecule has 6 heteroatoms. The minimum absolute atomic E-state index is 0.0699. The lowest BCUT2D eigenvalue weighted by atomic mass is 9.92. The predicted octanol–water partition coefficient (Wildman–Crippen LogP) is 2.70. The molecule has 0 aromatic carbocycles. The van der Waals surface area contributed by atoms with Crippen molar-refractivity contribution in [3.63, 3.8) is 0 Å². The van der Waals surface area contributed by atoms with E-state index in [-0.39, 0.29) is 23.7 Å². The SMILES string of the molecule is CCCCNC(=O)C1CCC(C)N(c2ncnc(CC)c2F)C1. The molecular weight excluding hydrogens is 295 g/mol. The largest absolute Gasteiger partial charge is 0.356 e. The number of nitrogens with zero attached hydrogens (tertiary/aromatic N) is 3. The van der Waals surface area contributed by atoms with Crippen molar-refractivity contribution in [1.82, 2.24) is 15.3 Å². The van der Waals surface area contributed by atoms with Gasteiger partial charge in [0.15, 0.2) is 11.6 Å². The summed E-state index contributed by atoms with van der Waals surface area (Å²) in [5, 5.41) is 2.99. The first-order chi connectivity index (χ1) is 11.1. The van der Waals surface area contributed by atoms with Crippen LogP contribution in [0.4, 0.5) is 10.2 Å². The van der Waals surface area contributed by atoms with E-state index in [9.17, 15) is 9.18 Å². The van der Waals surface area contributed by atoms with Gasteiger partial charge < -0.3 is 10.2 Å². The first-order valence-corrected chi connectivity index (χ1v) is 8.62. The lowest BCUT2D eigenvalue weighted by Gasteiger charge is -2.38. The van der Waals surface area contributed by atoms with Gasteiger partial charge in [0, 0.05) is 19.1 Å². The molecule has 1 fully saturated rings. The normalized spacial score (nSPS) is 21.3. The average molecular weight is 322 g/mol. The molecule has 0 saturated carbocycles. The van der Waals surface area contributed by atoms with E-state index in [0.717, 1.165) is 25.7 Å². The summed E-state index contributed by atoms with van der Waals surface area (Å²) in [5.41, 5.74) is 0.428. The van der Waals surface area contributed by atoms with E-state index in [4.69, 9.17) is 0 Å². The number of nitrogens with one attached hydrogen (secondary N) is 1. The zero-order chi connectivity index (χ0) is 16.8. The van der Waals surface area contributed by atoms with E-state index in [1.54, 1.807) is 0 Å². The van der Waals surface area contributed by atoms with Gasteiger partial charge >= 0.3 is 0 Å². The summed E-state index contributed by atoms with van der Waals surface area (Å²) in [6.07, 6.45) is 5.68. The van der Waals surface area contributed by atoms with Crippen LogP contribution in [0, 0.1) is 11.7 Å². The first-order valence-electron chi connectivity index (χ1n) is 8.62. The fourth-order valence-electron chi connectivity index (χ4n) is 2.99. The first kappa shape index (κ1) is 17.6. The van der Waals surface area contributed by atoms with Crippen LogP contribution in [-0.2, 0) is 11.2 Å². The standard InChI is InChI=1S/C17H27FN4O/c1-4-6-9-19-17(23)13-8-7-12(3)22(10-13)16-15(18)14(5-2)20-11-21-16/h11-13H,4-10H2,1-3H3,(H,19,23). The molecule has 1 N–H and O–H groups in total. The van der Waals surface area contributed by atoms with Gasteiger partial charge in [0.05, 0.1) is 11.6 Å². The molecular formula is C17H27FN4O. The summed E-state index contributed by atoms with van der Waals surface area (Å²) in [4.78, 5) is 22.3. The van der Waals surface area contributed by atoms with Crippen LogP contribution in [0.5, 0.6) is 0 Å². The van der Waals surface area contributed by atoms with Gasteiger partial charge in [-0.15, -0.1) is 0 Å². The number of anilines is 1. The molecule has 1 aromatic rings. The molecule has 2 atom stereocenters. The summed E-state index contributed by atoms with van der Waals surface area (Å²) in [5.74, 6) is -0.0627. The second-order valence-corrected chi connectivity index (χ2v) is 6.23. The van der Waals surface area contributed by atoms with Gasteiger partial charge in [-0.05, 0) is 32.6 Å². The Balaban J connectivity index is 2.10. The quantitative estimate of drug-likeness (QED) is 0.818. The van der Waals surface area contributed by atoms with E-state index < -0.39 is 0 Å². The Hall–Kier alpha value is -1.72. The number of hydrogen-bond acceptors (Lipinski definition) is 4. The second kappa shape index (κ2) is 8.22. The Morgan fingerprint density at radius 2 is 2.17 bits per heavy atom. The third kappa shape index (κ3) is 4.18. The molecule has 2 unspecified atom stereocenters. The van der Waals surface area contributed by atoms with Gasteiger partial charge in [-0.25, -0.2) is 14.4 Å². The molecule has 23 heavy (non-hydrogen) atoms. The summed E-state index contributed by atoms with van der Waals surface area (Å²) >= 11 is 0. The zero-order valence-corrected chi connectivity index (χ0v) is 14.3. The third-order valence-corrected chi connectivity index (χ3v) is 4.53. The monoisotopic (exact) mass is 322 g/mol. The molecule has 2 heterocycles. The highest BCUT2D eigenvalue weighted by Gasteiger charge is 2.32. The molecule has 1 aromatic heterocycles. The van der Waals surface area contributed by atoms with Crippen molar-refractivity contribution >= 4 is 11.7 Å². The maximum absolute atomic E-state index is 14.5. The van der Waals surface area contributed by atoms with Gasteiger partial charge in [0.1, 0.15) is 6.33 Å². The number of piperidine rings is 1. The van der Waals surface area contributed by atoms with Gasteiger partial charge in [0.2, 0.25) is 5.91 Å². The number of aromatic nitrogens is 2. The number of rotatable bonds is 6. The van der Waals surface area contributed by atoms with Crippen molar-refractivity contribution in [1.29, 1.82) is 0 Å². The molecule has 128 valence electrons.